The normalized spacial score (nSPS) is 10.6. The molecule has 0 aromatic heterocycles. The van der Waals surface area contributed by atoms with Gasteiger partial charge in [-0.1, -0.05) is 37.6 Å². The average Bonchev–Trinajstić information content (AvgIpc) is 2.48. The maximum Gasteiger partial charge on any atom is 0.262 e. The molecular formula is C17H17ClFNO2. The summed E-state index contributed by atoms with van der Waals surface area (Å²) in [4.78, 5) is 11.8. The van der Waals surface area contributed by atoms with Crippen molar-refractivity contribution in [3.63, 3.8) is 0 Å². The van der Waals surface area contributed by atoms with Gasteiger partial charge in [0.1, 0.15) is 11.6 Å². The minimum atomic E-state index is -0.581. The zero-order chi connectivity index (χ0) is 16.1. The van der Waals surface area contributed by atoms with Crippen molar-refractivity contribution < 1.29 is 13.9 Å². The molecule has 0 fully saturated rings. The van der Waals surface area contributed by atoms with E-state index in [0.717, 1.165) is 11.6 Å². The Balaban J connectivity index is 1.94. The monoisotopic (exact) mass is 321 g/mol. The predicted octanol–water partition coefficient (Wildman–Crippen LogP) is 4.62. The number of anilines is 1. The molecule has 0 aliphatic carbocycles. The molecule has 5 heteroatoms. The first kappa shape index (κ1) is 16.3. The van der Waals surface area contributed by atoms with E-state index in [1.807, 2.05) is 18.2 Å². The lowest BCUT2D eigenvalue weighted by Gasteiger charge is -2.10. The summed E-state index contributed by atoms with van der Waals surface area (Å²) in [7, 11) is 0. The van der Waals surface area contributed by atoms with Crippen LogP contribution in [0.5, 0.6) is 5.75 Å². The van der Waals surface area contributed by atoms with Crippen LogP contribution in [0.15, 0.2) is 42.5 Å². The molecule has 116 valence electrons. The van der Waals surface area contributed by atoms with Crippen LogP contribution in [-0.4, -0.2) is 12.5 Å². The Morgan fingerprint density at radius 3 is 2.73 bits per heavy atom. The molecule has 2 rings (SSSR count). The van der Waals surface area contributed by atoms with Gasteiger partial charge in [-0.25, -0.2) is 4.39 Å². The number of hydrogen-bond acceptors (Lipinski definition) is 2. The summed E-state index contributed by atoms with van der Waals surface area (Å²) in [5.74, 6) is -0.0303. The third-order valence-corrected chi connectivity index (χ3v) is 3.34. The molecule has 3 nitrogen and oxygen atoms in total. The van der Waals surface area contributed by atoms with Gasteiger partial charge in [-0.15, -0.1) is 0 Å². The maximum absolute atomic E-state index is 13.6. The van der Waals surface area contributed by atoms with Crippen molar-refractivity contribution in [1.29, 1.82) is 0 Å². The number of nitrogens with one attached hydrogen (secondary N) is 1. The Kier molecular flexibility index (Phi) is 5.39. The summed E-state index contributed by atoms with van der Waals surface area (Å²) in [6.45, 7) is 3.97. The van der Waals surface area contributed by atoms with Gasteiger partial charge >= 0.3 is 0 Å². The summed E-state index contributed by atoms with van der Waals surface area (Å²) in [5.41, 5.74) is 1.20. The van der Waals surface area contributed by atoms with E-state index in [9.17, 15) is 9.18 Å². The van der Waals surface area contributed by atoms with Crippen molar-refractivity contribution in [2.24, 2.45) is 0 Å². The molecule has 0 heterocycles. The highest BCUT2D eigenvalue weighted by Crippen LogP contribution is 2.21. The molecule has 2 aromatic rings. The number of halogens is 2. The number of carbonyl (C=O) groups excluding carboxylic acids is 1. The number of hydrogen-bond donors (Lipinski definition) is 1. The topological polar surface area (TPSA) is 38.3 Å². The van der Waals surface area contributed by atoms with Crippen molar-refractivity contribution in [1.82, 2.24) is 0 Å². The lowest BCUT2D eigenvalue weighted by atomic mass is 10.0. The van der Waals surface area contributed by atoms with E-state index in [1.54, 1.807) is 6.07 Å². The largest absolute Gasteiger partial charge is 0.484 e. The second-order valence-electron chi connectivity index (χ2n) is 5.19. The first-order valence-corrected chi connectivity index (χ1v) is 7.31. The Morgan fingerprint density at radius 1 is 1.27 bits per heavy atom. The molecule has 0 unspecified atom stereocenters. The fraction of sp³-hybridized carbons (Fsp3) is 0.235. The molecule has 0 aliphatic rings. The smallest absolute Gasteiger partial charge is 0.262 e. The summed E-state index contributed by atoms with van der Waals surface area (Å²) in [5, 5.41) is 2.72. The fourth-order valence-electron chi connectivity index (χ4n) is 1.89. The summed E-state index contributed by atoms with van der Waals surface area (Å²) >= 11 is 5.66. The lowest BCUT2D eigenvalue weighted by Crippen LogP contribution is -2.20. The minimum absolute atomic E-state index is 0.0777. The summed E-state index contributed by atoms with van der Waals surface area (Å²) in [6.07, 6.45) is 0. The van der Waals surface area contributed by atoms with Crippen molar-refractivity contribution >= 4 is 23.2 Å². The van der Waals surface area contributed by atoms with E-state index < -0.39 is 11.7 Å². The Morgan fingerprint density at radius 2 is 2.05 bits per heavy atom. The van der Waals surface area contributed by atoms with E-state index in [4.69, 9.17) is 16.3 Å². The second kappa shape index (κ2) is 7.27. The number of ether oxygens (including phenoxy) is 1. The van der Waals surface area contributed by atoms with Gasteiger partial charge in [0.05, 0.1) is 5.69 Å². The summed E-state index contributed by atoms with van der Waals surface area (Å²) < 4.78 is 19.0. The highest BCUT2D eigenvalue weighted by Gasteiger charge is 2.09. The van der Waals surface area contributed by atoms with Gasteiger partial charge in [-0.2, -0.15) is 0 Å². The van der Waals surface area contributed by atoms with E-state index >= 15 is 0 Å². The maximum atomic E-state index is 13.6. The van der Waals surface area contributed by atoms with Crippen LogP contribution in [0.4, 0.5) is 10.1 Å². The molecule has 22 heavy (non-hydrogen) atoms. The van der Waals surface area contributed by atoms with Crippen LogP contribution in [0.1, 0.15) is 25.3 Å². The SMILES string of the molecule is CC(C)c1cccc(OCC(=O)Nc2ccc(Cl)cc2F)c1. The Bertz CT molecular complexity index is 673. The van der Waals surface area contributed by atoms with E-state index in [2.05, 4.69) is 19.2 Å². The van der Waals surface area contributed by atoms with Crippen molar-refractivity contribution in [2.75, 3.05) is 11.9 Å². The molecule has 0 saturated carbocycles. The number of amides is 1. The minimum Gasteiger partial charge on any atom is -0.484 e. The van der Waals surface area contributed by atoms with E-state index in [1.165, 1.54) is 12.1 Å². The van der Waals surface area contributed by atoms with E-state index in [-0.39, 0.29) is 17.3 Å². The van der Waals surface area contributed by atoms with Crippen LogP contribution in [-0.2, 0) is 4.79 Å². The number of benzene rings is 2. The molecule has 1 N–H and O–H groups in total. The van der Waals surface area contributed by atoms with Gasteiger partial charge in [0, 0.05) is 5.02 Å². The molecule has 0 saturated heterocycles. The van der Waals surface area contributed by atoms with Gasteiger partial charge in [0.25, 0.3) is 5.91 Å². The first-order valence-electron chi connectivity index (χ1n) is 6.93. The Hall–Kier alpha value is -2.07. The highest BCUT2D eigenvalue weighted by molar-refractivity contribution is 6.30. The van der Waals surface area contributed by atoms with Crippen molar-refractivity contribution in [2.45, 2.75) is 19.8 Å². The predicted molar refractivity (Wildman–Crippen MR) is 86.1 cm³/mol. The first-order chi connectivity index (χ1) is 10.5. The van der Waals surface area contributed by atoms with Gasteiger partial charge in [-0.3, -0.25) is 4.79 Å². The fourth-order valence-corrected chi connectivity index (χ4v) is 2.05. The zero-order valence-electron chi connectivity index (χ0n) is 12.4. The Labute approximate surface area is 134 Å². The molecule has 0 atom stereocenters. The van der Waals surface area contributed by atoms with Gasteiger partial charge in [0.2, 0.25) is 0 Å². The van der Waals surface area contributed by atoms with Crippen molar-refractivity contribution in [3.05, 3.63) is 58.9 Å². The van der Waals surface area contributed by atoms with Gasteiger partial charge in [-0.05, 0) is 41.8 Å². The van der Waals surface area contributed by atoms with Crippen LogP contribution in [0, 0.1) is 5.82 Å². The summed E-state index contributed by atoms with van der Waals surface area (Å²) in [6, 6.07) is 11.6. The molecule has 0 bridgehead atoms. The van der Waals surface area contributed by atoms with Crippen molar-refractivity contribution in [3.8, 4) is 5.75 Å². The lowest BCUT2D eigenvalue weighted by molar-refractivity contribution is -0.118. The molecular weight excluding hydrogens is 305 g/mol. The van der Waals surface area contributed by atoms with Gasteiger partial charge < -0.3 is 10.1 Å². The third-order valence-electron chi connectivity index (χ3n) is 3.10. The number of carbonyl (C=O) groups is 1. The van der Waals surface area contributed by atoms with Crippen LogP contribution < -0.4 is 10.1 Å². The highest BCUT2D eigenvalue weighted by atomic mass is 35.5. The standard InChI is InChI=1S/C17H17ClFNO2/c1-11(2)12-4-3-5-14(8-12)22-10-17(21)20-16-7-6-13(18)9-15(16)19/h3-9,11H,10H2,1-2H3,(H,20,21). The zero-order valence-corrected chi connectivity index (χ0v) is 13.2. The van der Waals surface area contributed by atoms with Crippen LogP contribution >= 0.6 is 11.6 Å². The molecule has 0 radical (unpaired) electrons. The molecule has 2 aromatic carbocycles. The second-order valence-corrected chi connectivity index (χ2v) is 5.62. The van der Waals surface area contributed by atoms with Crippen LogP contribution in [0.25, 0.3) is 0 Å². The van der Waals surface area contributed by atoms with Crippen LogP contribution in [0.3, 0.4) is 0 Å². The van der Waals surface area contributed by atoms with Gasteiger partial charge in [0.15, 0.2) is 6.61 Å². The molecule has 0 aliphatic heterocycles. The third kappa shape index (κ3) is 4.46. The van der Waals surface area contributed by atoms with E-state index in [0.29, 0.717) is 11.7 Å². The van der Waals surface area contributed by atoms with Crippen LogP contribution in [0.2, 0.25) is 5.02 Å². The molecule has 0 spiro atoms. The number of rotatable bonds is 5. The average molecular weight is 322 g/mol. The molecule has 1 amide bonds. The quantitative estimate of drug-likeness (QED) is 0.872.